The van der Waals surface area contributed by atoms with Crippen LogP contribution in [0.1, 0.15) is 12.0 Å². The second-order valence-electron chi connectivity index (χ2n) is 6.43. The van der Waals surface area contributed by atoms with Crippen LogP contribution < -0.4 is 14.8 Å². The number of aromatic nitrogens is 1. The van der Waals surface area contributed by atoms with Crippen molar-refractivity contribution < 1.29 is 23.0 Å². The lowest BCUT2D eigenvalue weighted by Gasteiger charge is -2.17. The number of alkyl halides is 2. The molecule has 2 aliphatic rings. The highest BCUT2D eigenvalue weighted by Gasteiger charge is 2.43. The van der Waals surface area contributed by atoms with E-state index in [2.05, 4.69) is 19.8 Å². The Kier molecular flexibility index (Phi) is 4.10. The number of anilines is 1. The van der Waals surface area contributed by atoms with E-state index in [1.54, 1.807) is 41.6 Å². The van der Waals surface area contributed by atoms with Crippen LogP contribution in [0.5, 0.6) is 11.5 Å². The van der Waals surface area contributed by atoms with Gasteiger partial charge in [0, 0.05) is 19.3 Å². The number of rotatable bonds is 3. The molecule has 3 heterocycles. The van der Waals surface area contributed by atoms with Gasteiger partial charge in [-0.05, 0) is 48.6 Å². The minimum absolute atomic E-state index is 0.0441. The van der Waals surface area contributed by atoms with Crippen molar-refractivity contribution in [2.45, 2.75) is 19.1 Å². The van der Waals surface area contributed by atoms with Crippen LogP contribution in [0.3, 0.4) is 0 Å². The number of hydrogen-bond acceptors (Lipinski definition) is 4. The molecule has 0 saturated carbocycles. The summed E-state index contributed by atoms with van der Waals surface area (Å²) in [5.74, 6) is 0.356. The molecule has 1 fully saturated rings. The van der Waals surface area contributed by atoms with Gasteiger partial charge in [-0.25, -0.2) is 4.79 Å². The van der Waals surface area contributed by atoms with Gasteiger partial charge in [0.15, 0.2) is 11.5 Å². The lowest BCUT2D eigenvalue weighted by atomic mass is 9.98. The molecule has 8 heteroatoms. The Balaban J connectivity index is 1.34. The molecule has 1 aromatic carbocycles. The molecule has 1 saturated heterocycles. The highest BCUT2D eigenvalue weighted by Crippen LogP contribution is 2.41. The summed E-state index contributed by atoms with van der Waals surface area (Å²) in [6.07, 6.45) is 1.16. The summed E-state index contributed by atoms with van der Waals surface area (Å²) in [5, 5.41) is 2.82. The minimum Gasteiger partial charge on any atom is -0.395 e. The number of nitrogens with zero attached hydrogens (tertiary/aromatic N) is 2. The number of halogens is 2. The van der Waals surface area contributed by atoms with Crippen LogP contribution in [0.2, 0.25) is 0 Å². The van der Waals surface area contributed by atoms with Crippen LogP contribution in [0, 0.1) is 5.92 Å². The number of likely N-dealkylation sites (tertiary alicyclic amines) is 1. The number of benzene rings is 1. The van der Waals surface area contributed by atoms with Crippen LogP contribution >= 0.6 is 0 Å². The van der Waals surface area contributed by atoms with Gasteiger partial charge in [0.05, 0.1) is 11.9 Å². The maximum absolute atomic E-state index is 13.1. The van der Waals surface area contributed by atoms with Crippen LogP contribution in [0.4, 0.5) is 19.3 Å². The molecule has 1 N–H and O–H groups in total. The predicted octanol–water partition coefficient (Wildman–Crippen LogP) is 3.50. The molecule has 2 aromatic rings. The van der Waals surface area contributed by atoms with Crippen LogP contribution in [0.15, 0.2) is 42.7 Å². The Hall–Kier alpha value is -2.90. The second kappa shape index (κ2) is 6.44. The number of pyridine rings is 1. The Morgan fingerprint density at radius 2 is 2.15 bits per heavy atom. The van der Waals surface area contributed by atoms with Gasteiger partial charge < -0.3 is 19.7 Å². The number of carbonyl (C=O) groups is 1. The lowest BCUT2D eigenvalue weighted by Crippen LogP contribution is -2.33. The number of fused-ring (bicyclic) bond motifs is 1. The zero-order chi connectivity index (χ0) is 18.1. The Labute approximate surface area is 148 Å². The minimum atomic E-state index is -3.60. The van der Waals surface area contributed by atoms with Crippen molar-refractivity contribution in [1.82, 2.24) is 9.88 Å². The van der Waals surface area contributed by atoms with Gasteiger partial charge in [-0.15, -0.1) is 8.78 Å². The van der Waals surface area contributed by atoms with Crippen molar-refractivity contribution in [3.63, 3.8) is 0 Å². The highest BCUT2D eigenvalue weighted by atomic mass is 19.3. The molecule has 0 radical (unpaired) electrons. The Morgan fingerprint density at radius 1 is 1.31 bits per heavy atom. The Morgan fingerprint density at radius 3 is 2.96 bits per heavy atom. The third-order valence-electron chi connectivity index (χ3n) is 4.48. The average molecular weight is 361 g/mol. The maximum atomic E-state index is 13.1. The molecule has 26 heavy (non-hydrogen) atoms. The highest BCUT2D eigenvalue weighted by molar-refractivity contribution is 5.89. The van der Waals surface area contributed by atoms with Crippen molar-refractivity contribution in [2.75, 3.05) is 18.4 Å². The van der Waals surface area contributed by atoms with Crippen LogP contribution in [-0.4, -0.2) is 35.3 Å². The van der Waals surface area contributed by atoms with E-state index in [-0.39, 0.29) is 23.4 Å². The summed E-state index contributed by atoms with van der Waals surface area (Å²) >= 11 is 0. The first-order valence-corrected chi connectivity index (χ1v) is 8.33. The van der Waals surface area contributed by atoms with Gasteiger partial charge in [-0.1, -0.05) is 6.07 Å². The van der Waals surface area contributed by atoms with Gasteiger partial charge >= 0.3 is 12.3 Å². The van der Waals surface area contributed by atoms with E-state index in [1.807, 2.05) is 0 Å². The van der Waals surface area contributed by atoms with Crippen LogP contribution in [0.25, 0.3) is 0 Å². The third-order valence-corrected chi connectivity index (χ3v) is 4.48. The van der Waals surface area contributed by atoms with Gasteiger partial charge in [0.2, 0.25) is 0 Å². The smallest absolute Gasteiger partial charge is 0.395 e. The molecule has 1 aromatic heterocycles. The molecule has 0 spiro atoms. The summed E-state index contributed by atoms with van der Waals surface area (Å²) in [7, 11) is 0. The first-order chi connectivity index (χ1) is 12.5. The summed E-state index contributed by atoms with van der Waals surface area (Å²) in [5.41, 5.74) is 1.53. The molecule has 0 aliphatic carbocycles. The lowest BCUT2D eigenvalue weighted by molar-refractivity contribution is -0.286. The summed E-state index contributed by atoms with van der Waals surface area (Å²) in [6.45, 7) is 1.26. The fourth-order valence-electron chi connectivity index (χ4n) is 3.28. The SMILES string of the molecule is O=C(Nc1cccnc1)N1CCC(Cc2ccc3c(c2)OC(F)(F)O3)C1. The predicted molar refractivity (Wildman–Crippen MR) is 89.3 cm³/mol. The summed E-state index contributed by atoms with van der Waals surface area (Å²) in [6, 6.07) is 8.20. The van der Waals surface area contributed by atoms with E-state index in [0.29, 0.717) is 25.2 Å². The molecule has 0 bridgehead atoms. The molecular formula is C18H17F2N3O3. The van der Waals surface area contributed by atoms with Crippen molar-refractivity contribution >= 4 is 11.7 Å². The number of urea groups is 1. The summed E-state index contributed by atoms with van der Waals surface area (Å²) in [4.78, 5) is 18.0. The van der Waals surface area contributed by atoms with Crippen molar-refractivity contribution in [1.29, 1.82) is 0 Å². The molecule has 2 aliphatic heterocycles. The molecule has 4 rings (SSSR count). The first kappa shape index (κ1) is 16.6. The molecule has 2 amide bonds. The number of nitrogens with one attached hydrogen (secondary N) is 1. The molecule has 6 nitrogen and oxygen atoms in total. The van der Waals surface area contributed by atoms with E-state index in [9.17, 15) is 13.6 Å². The quantitative estimate of drug-likeness (QED) is 0.909. The van der Waals surface area contributed by atoms with Gasteiger partial charge in [0.25, 0.3) is 0 Å². The van der Waals surface area contributed by atoms with E-state index in [0.717, 1.165) is 12.0 Å². The molecule has 136 valence electrons. The van der Waals surface area contributed by atoms with Gasteiger partial charge in [-0.3, -0.25) is 4.98 Å². The first-order valence-electron chi connectivity index (χ1n) is 8.33. The third kappa shape index (κ3) is 3.54. The molecular weight excluding hydrogens is 344 g/mol. The van der Waals surface area contributed by atoms with Crippen molar-refractivity contribution in [2.24, 2.45) is 5.92 Å². The van der Waals surface area contributed by atoms with Crippen LogP contribution in [-0.2, 0) is 6.42 Å². The zero-order valence-electron chi connectivity index (χ0n) is 13.8. The average Bonchev–Trinajstić information content (AvgIpc) is 3.18. The van der Waals surface area contributed by atoms with Crippen molar-refractivity contribution in [3.05, 3.63) is 48.3 Å². The fraction of sp³-hybridized carbons (Fsp3) is 0.333. The number of carbonyl (C=O) groups excluding carboxylic acids is 1. The Bertz CT molecular complexity index is 817. The van der Waals surface area contributed by atoms with Gasteiger partial charge in [-0.2, -0.15) is 0 Å². The maximum Gasteiger partial charge on any atom is 0.586 e. The molecule has 1 atom stereocenters. The van der Waals surface area contributed by atoms with E-state index < -0.39 is 6.29 Å². The normalized spacial score (nSPS) is 20.2. The zero-order valence-corrected chi connectivity index (χ0v) is 13.8. The fourth-order valence-corrected chi connectivity index (χ4v) is 3.28. The molecule has 1 unspecified atom stereocenters. The standard InChI is InChI=1S/C18H17F2N3O3/c19-18(20)25-15-4-3-12(9-16(15)26-18)8-13-5-7-23(11-13)17(24)22-14-2-1-6-21-10-14/h1-4,6,9-10,13H,5,7-8,11H2,(H,22,24). The monoisotopic (exact) mass is 361 g/mol. The van der Waals surface area contributed by atoms with Gasteiger partial charge in [0.1, 0.15) is 0 Å². The van der Waals surface area contributed by atoms with Crippen molar-refractivity contribution in [3.8, 4) is 11.5 Å². The summed E-state index contributed by atoms with van der Waals surface area (Å²) < 4.78 is 35.1. The topological polar surface area (TPSA) is 63.7 Å². The van der Waals surface area contributed by atoms with E-state index >= 15 is 0 Å². The second-order valence-corrected chi connectivity index (χ2v) is 6.43. The van der Waals surface area contributed by atoms with E-state index in [4.69, 9.17) is 0 Å². The largest absolute Gasteiger partial charge is 0.586 e. The number of hydrogen-bond donors (Lipinski definition) is 1. The van der Waals surface area contributed by atoms with E-state index in [1.165, 1.54) is 6.07 Å². The number of ether oxygens (including phenoxy) is 2. The number of amides is 2.